The van der Waals surface area contributed by atoms with E-state index in [0.717, 1.165) is 11.1 Å². The zero-order valence-corrected chi connectivity index (χ0v) is 17.5. The Labute approximate surface area is 177 Å². The lowest BCUT2D eigenvalue weighted by Crippen LogP contribution is -2.44. The van der Waals surface area contributed by atoms with Crippen LogP contribution in [0.4, 0.5) is 5.69 Å². The minimum atomic E-state index is -0.390. The number of aryl methyl sites for hydroxylation is 1. The molecule has 0 radical (unpaired) electrons. The van der Waals surface area contributed by atoms with E-state index in [2.05, 4.69) is 10.6 Å². The molecule has 7 heteroatoms. The number of amides is 3. The second-order valence-electron chi connectivity index (χ2n) is 6.98. The summed E-state index contributed by atoms with van der Waals surface area (Å²) in [6.07, 6.45) is 0.714. The van der Waals surface area contributed by atoms with Crippen molar-refractivity contribution >= 4 is 23.4 Å². The van der Waals surface area contributed by atoms with Crippen molar-refractivity contribution < 1.29 is 19.1 Å². The number of anilines is 1. The van der Waals surface area contributed by atoms with Crippen LogP contribution in [0.25, 0.3) is 0 Å². The van der Waals surface area contributed by atoms with Gasteiger partial charge in [0.05, 0.1) is 19.7 Å². The SMILES string of the molecule is CCCN(CC(=O)NCC(=O)Nc1ccc(C)cc1)C(=O)COCc1ccccc1. The fourth-order valence-corrected chi connectivity index (χ4v) is 2.73. The Morgan fingerprint density at radius 1 is 0.967 bits per heavy atom. The molecule has 0 heterocycles. The zero-order chi connectivity index (χ0) is 21.8. The Kier molecular flexibility index (Phi) is 9.54. The summed E-state index contributed by atoms with van der Waals surface area (Å²) < 4.78 is 5.48. The van der Waals surface area contributed by atoms with Crippen molar-refractivity contribution in [3.63, 3.8) is 0 Å². The van der Waals surface area contributed by atoms with Gasteiger partial charge in [-0.05, 0) is 31.0 Å². The summed E-state index contributed by atoms with van der Waals surface area (Å²) in [5.74, 6) is -0.974. The van der Waals surface area contributed by atoms with Crippen LogP contribution >= 0.6 is 0 Å². The molecular weight excluding hydrogens is 382 g/mol. The lowest BCUT2D eigenvalue weighted by atomic mass is 10.2. The van der Waals surface area contributed by atoms with Crippen LogP contribution in [0.5, 0.6) is 0 Å². The van der Waals surface area contributed by atoms with Crippen LogP contribution in [-0.4, -0.2) is 48.9 Å². The molecule has 2 N–H and O–H groups in total. The third-order valence-corrected chi connectivity index (χ3v) is 4.30. The van der Waals surface area contributed by atoms with Gasteiger partial charge in [0.25, 0.3) is 0 Å². The second kappa shape index (κ2) is 12.4. The van der Waals surface area contributed by atoms with Gasteiger partial charge in [-0.2, -0.15) is 0 Å². The van der Waals surface area contributed by atoms with Gasteiger partial charge < -0.3 is 20.3 Å². The summed E-state index contributed by atoms with van der Waals surface area (Å²) in [6.45, 7) is 4.29. The van der Waals surface area contributed by atoms with Gasteiger partial charge in [-0.1, -0.05) is 55.0 Å². The van der Waals surface area contributed by atoms with Crippen molar-refractivity contribution in [2.45, 2.75) is 26.9 Å². The van der Waals surface area contributed by atoms with Gasteiger partial charge in [0.15, 0.2) is 0 Å². The number of hydrogen-bond acceptors (Lipinski definition) is 4. The Morgan fingerprint density at radius 3 is 2.33 bits per heavy atom. The first-order chi connectivity index (χ1) is 14.5. The monoisotopic (exact) mass is 411 g/mol. The normalized spacial score (nSPS) is 10.3. The third-order valence-electron chi connectivity index (χ3n) is 4.30. The van der Waals surface area contributed by atoms with E-state index >= 15 is 0 Å². The molecule has 0 unspecified atom stereocenters. The Balaban J connectivity index is 1.74. The molecule has 0 aliphatic rings. The topological polar surface area (TPSA) is 87.7 Å². The van der Waals surface area contributed by atoms with Crippen molar-refractivity contribution in [1.82, 2.24) is 10.2 Å². The quantitative estimate of drug-likeness (QED) is 0.595. The number of benzene rings is 2. The van der Waals surface area contributed by atoms with Crippen molar-refractivity contribution in [2.24, 2.45) is 0 Å². The molecule has 0 aromatic heterocycles. The molecule has 0 aliphatic heterocycles. The van der Waals surface area contributed by atoms with Crippen molar-refractivity contribution in [1.29, 1.82) is 0 Å². The highest BCUT2D eigenvalue weighted by Gasteiger charge is 2.17. The minimum absolute atomic E-state index is 0.101. The number of hydrogen-bond donors (Lipinski definition) is 2. The van der Waals surface area contributed by atoms with Gasteiger partial charge in [-0.15, -0.1) is 0 Å². The first kappa shape index (κ1) is 23.1. The average molecular weight is 412 g/mol. The Hall–Kier alpha value is -3.19. The molecule has 2 rings (SSSR count). The van der Waals surface area contributed by atoms with Crippen LogP contribution in [0, 0.1) is 6.92 Å². The summed E-state index contributed by atoms with van der Waals surface area (Å²) >= 11 is 0. The van der Waals surface area contributed by atoms with Crippen LogP contribution in [0.3, 0.4) is 0 Å². The fraction of sp³-hybridized carbons (Fsp3) is 0.348. The van der Waals surface area contributed by atoms with Gasteiger partial charge in [-0.3, -0.25) is 14.4 Å². The first-order valence-corrected chi connectivity index (χ1v) is 10.0. The molecule has 0 fully saturated rings. The van der Waals surface area contributed by atoms with E-state index in [-0.39, 0.29) is 37.4 Å². The third kappa shape index (κ3) is 8.45. The lowest BCUT2D eigenvalue weighted by Gasteiger charge is -2.21. The summed E-state index contributed by atoms with van der Waals surface area (Å²) in [5.41, 5.74) is 2.73. The van der Waals surface area contributed by atoms with Crippen molar-refractivity contribution in [3.8, 4) is 0 Å². The smallest absolute Gasteiger partial charge is 0.249 e. The van der Waals surface area contributed by atoms with Gasteiger partial charge in [-0.25, -0.2) is 0 Å². The number of carbonyl (C=O) groups excluding carboxylic acids is 3. The number of nitrogens with one attached hydrogen (secondary N) is 2. The van der Waals surface area contributed by atoms with Crippen LogP contribution in [0.1, 0.15) is 24.5 Å². The standard InChI is InChI=1S/C23H29N3O4/c1-3-13-26(23(29)17-30-16-19-7-5-4-6-8-19)15-22(28)24-14-21(27)25-20-11-9-18(2)10-12-20/h4-12H,3,13-17H2,1-2H3,(H,24,28)(H,25,27). The van der Waals surface area contributed by atoms with E-state index in [1.807, 2.05) is 56.3 Å². The van der Waals surface area contributed by atoms with E-state index in [1.54, 1.807) is 12.1 Å². The van der Waals surface area contributed by atoms with Gasteiger partial charge in [0, 0.05) is 12.2 Å². The second-order valence-corrected chi connectivity index (χ2v) is 6.98. The predicted octanol–water partition coefficient (Wildman–Crippen LogP) is 2.51. The lowest BCUT2D eigenvalue weighted by molar-refractivity contribution is -0.140. The van der Waals surface area contributed by atoms with Crippen LogP contribution in [0.15, 0.2) is 54.6 Å². The number of ether oxygens (including phenoxy) is 1. The molecule has 2 aromatic rings. The van der Waals surface area contributed by atoms with E-state index in [4.69, 9.17) is 4.74 Å². The molecule has 0 aliphatic carbocycles. The first-order valence-electron chi connectivity index (χ1n) is 10.0. The molecule has 0 saturated heterocycles. The summed E-state index contributed by atoms with van der Waals surface area (Å²) in [6, 6.07) is 16.9. The largest absolute Gasteiger partial charge is 0.367 e. The number of nitrogens with zero attached hydrogens (tertiary/aromatic N) is 1. The highest BCUT2D eigenvalue weighted by Crippen LogP contribution is 2.08. The molecule has 2 aromatic carbocycles. The molecule has 3 amide bonds. The van der Waals surface area contributed by atoms with E-state index < -0.39 is 0 Å². The maximum absolute atomic E-state index is 12.4. The van der Waals surface area contributed by atoms with Gasteiger partial charge in [0.1, 0.15) is 6.61 Å². The van der Waals surface area contributed by atoms with E-state index in [9.17, 15) is 14.4 Å². The molecule has 0 atom stereocenters. The van der Waals surface area contributed by atoms with Crippen molar-refractivity contribution in [2.75, 3.05) is 31.6 Å². The van der Waals surface area contributed by atoms with Gasteiger partial charge in [0.2, 0.25) is 17.7 Å². The highest BCUT2D eigenvalue weighted by molar-refractivity contribution is 5.95. The number of rotatable bonds is 11. The molecule has 7 nitrogen and oxygen atoms in total. The molecule has 30 heavy (non-hydrogen) atoms. The summed E-state index contributed by atoms with van der Waals surface area (Å²) in [7, 11) is 0. The molecule has 0 bridgehead atoms. The van der Waals surface area contributed by atoms with Crippen LogP contribution in [0.2, 0.25) is 0 Å². The van der Waals surface area contributed by atoms with E-state index in [0.29, 0.717) is 25.3 Å². The van der Waals surface area contributed by atoms with Crippen LogP contribution < -0.4 is 10.6 Å². The predicted molar refractivity (Wildman–Crippen MR) is 116 cm³/mol. The highest BCUT2D eigenvalue weighted by atomic mass is 16.5. The van der Waals surface area contributed by atoms with Gasteiger partial charge >= 0.3 is 0 Å². The minimum Gasteiger partial charge on any atom is -0.367 e. The fourth-order valence-electron chi connectivity index (χ4n) is 2.73. The maximum Gasteiger partial charge on any atom is 0.249 e. The Morgan fingerprint density at radius 2 is 1.67 bits per heavy atom. The zero-order valence-electron chi connectivity index (χ0n) is 17.5. The number of carbonyl (C=O) groups is 3. The summed E-state index contributed by atoms with van der Waals surface area (Å²) in [4.78, 5) is 38.1. The van der Waals surface area contributed by atoms with E-state index in [1.165, 1.54) is 4.90 Å². The Bertz CT molecular complexity index is 822. The molecule has 0 spiro atoms. The molecule has 0 saturated carbocycles. The summed E-state index contributed by atoms with van der Waals surface area (Å²) in [5, 5.41) is 5.27. The molecular formula is C23H29N3O4. The average Bonchev–Trinajstić information content (AvgIpc) is 2.74. The molecule has 160 valence electrons. The van der Waals surface area contributed by atoms with Crippen molar-refractivity contribution in [3.05, 3.63) is 65.7 Å². The maximum atomic E-state index is 12.4. The van der Waals surface area contributed by atoms with Crippen LogP contribution in [-0.2, 0) is 25.7 Å².